The van der Waals surface area contributed by atoms with Crippen molar-refractivity contribution in [3.05, 3.63) is 17.5 Å². The normalized spacial score (nSPS) is 13.2. The highest BCUT2D eigenvalue weighted by Gasteiger charge is 2.10. The van der Waals surface area contributed by atoms with Gasteiger partial charge in [0.05, 0.1) is 6.10 Å². The van der Waals surface area contributed by atoms with Gasteiger partial charge in [-0.05, 0) is 24.8 Å². The van der Waals surface area contributed by atoms with E-state index in [4.69, 9.17) is 0 Å². The molecule has 0 radical (unpaired) electrons. The molecule has 0 saturated heterocycles. The lowest BCUT2D eigenvalue weighted by molar-refractivity contribution is 0.137. The third-order valence-electron chi connectivity index (χ3n) is 2.70. The predicted molar refractivity (Wildman–Crippen MR) is 70.2 cm³/mol. The number of aryl methyl sites for hydroxylation is 1. The van der Waals surface area contributed by atoms with Crippen LogP contribution >= 0.6 is 0 Å². The van der Waals surface area contributed by atoms with Crippen molar-refractivity contribution in [1.82, 2.24) is 9.97 Å². The Morgan fingerprint density at radius 3 is 2.41 bits per heavy atom. The zero-order valence-electron chi connectivity index (χ0n) is 11.4. The number of aliphatic hydroxyl groups excluding tert-OH is 1. The maximum absolute atomic E-state index is 9.72. The Morgan fingerprint density at radius 2 is 1.88 bits per heavy atom. The second-order valence-corrected chi connectivity index (χ2v) is 5.10. The van der Waals surface area contributed by atoms with Crippen LogP contribution in [0.2, 0.25) is 0 Å². The number of aliphatic hydroxyl groups is 1. The first-order valence-electron chi connectivity index (χ1n) is 6.17. The molecular weight excluding hydrogens is 214 g/mol. The van der Waals surface area contributed by atoms with Crippen LogP contribution in [0.4, 0.5) is 5.95 Å². The van der Waals surface area contributed by atoms with E-state index in [1.54, 1.807) is 0 Å². The summed E-state index contributed by atoms with van der Waals surface area (Å²) >= 11 is 0. The number of aromatic nitrogens is 2. The maximum atomic E-state index is 9.72. The molecule has 0 aliphatic heterocycles. The van der Waals surface area contributed by atoms with Gasteiger partial charge < -0.3 is 10.4 Å². The lowest BCUT2D eigenvalue weighted by atomic mass is 10.1. The molecule has 1 rings (SSSR count). The molecule has 4 nitrogen and oxygen atoms in total. The Bertz CT molecular complexity index is 364. The lowest BCUT2D eigenvalue weighted by Crippen LogP contribution is -2.25. The van der Waals surface area contributed by atoms with E-state index in [-0.39, 0.29) is 12.0 Å². The zero-order valence-corrected chi connectivity index (χ0v) is 11.4. The molecule has 0 fully saturated rings. The molecule has 0 aliphatic carbocycles. The number of nitrogens with zero attached hydrogens (tertiary/aromatic N) is 2. The van der Waals surface area contributed by atoms with Crippen LogP contribution in [0.5, 0.6) is 0 Å². The Morgan fingerprint density at radius 1 is 1.24 bits per heavy atom. The molecule has 1 unspecified atom stereocenters. The van der Waals surface area contributed by atoms with Crippen molar-refractivity contribution in [2.75, 3.05) is 11.9 Å². The van der Waals surface area contributed by atoms with Crippen molar-refractivity contribution in [3.8, 4) is 0 Å². The van der Waals surface area contributed by atoms with Crippen molar-refractivity contribution in [1.29, 1.82) is 0 Å². The SMILES string of the molecule is Cc1cc(C(C)C)nc(NCC(O)C(C)C)n1. The second-order valence-electron chi connectivity index (χ2n) is 5.10. The molecule has 1 atom stereocenters. The van der Waals surface area contributed by atoms with E-state index in [1.165, 1.54) is 0 Å². The van der Waals surface area contributed by atoms with E-state index >= 15 is 0 Å². The van der Waals surface area contributed by atoms with Crippen LogP contribution in [0.15, 0.2) is 6.07 Å². The molecule has 0 saturated carbocycles. The number of nitrogens with one attached hydrogen (secondary N) is 1. The number of hydrogen-bond donors (Lipinski definition) is 2. The first-order chi connectivity index (χ1) is 7.90. The van der Waals surface area contributed by atoms with Gasteiger partial charge in [0.1, 0.15) is 0 Å². The summed E-state index contributed by atoms with van der Waals surface area (Å²) in [5.41, 5.74) is 1.98. The van der Waals surface area contributed by atoms with Gasteiger partial charge in [-0.3, -0.25) is 0 Å². The van der Waals surface area contributed by atoms with Gasteiger partial charge >= 0.3 is 0 Å². The van der Waals surface area contributed by atoms with Crippen LogP contribution in [-0.2, 0) is 0 Å². The van der Waals surface area contributed by atoms with Crippen molar-refractivity contribution in [3.63, 3.8) is 0 Å². The van der Waals surface area contributed by atoms with Gasteiger partial charge in [0, 0.05) is 17.9 Å². The molecule has 0 spiro atoms. The van der Waals surface area contributed by atoms with E-state index in [2.05, 4.69) is 29.1 Å². The molecule has 1 aromatic rings. The largest absolute Gasteiger partial charge is 0.391 e. The number of hydrogen-bond acceptors (Lipinski definition) is 4. The maximum Gasteiger partial charge on any atom is 0.223 e. The first-order valence-corrected chi connectivity index (χ1v) is 6.17. The fourth-order valence-electron chi connectivity index (χ4n) is 1.40. The minimum Gasteiger partial charge on any atom is -0.391 e. The van der Waals surface area contributed by atoms with Crippen molar-refractivity contribution >= 4 is 5.95 Å². The summed E-state index contributed by atoms with van der Waals surface area (Å²) in [5, 5.41) is 12.8. The Labute approximate surface area is 103 Å². The zero-order chi connectivity index (χ0) is 13.0. The van der Waals surface area contributed by atoms with Gasteiger partial charge in [0.2, 0.25) is 5.95 Å². The summed E-state index contributed by atoms with van der Waals surface area (Å²) < 4.78 is 0. The van der Waals surface area contributed by atoms with Gasteiger partial charge in [-0.2, -0.15) is 0 Å². The summed E-state index contributed by atoms with van der Waals surface area (Å²) in [6.45, 7) is 10.6. The Balaban J connectivity index is 2.71. The third kappa shape index (κ3) is 4.30. The standard InChI is InChI=1S/C13H23N3O/c1-8(2)11-6-10(5)15-13(16-11)14-7-12(17)9(3)4/h6,8-9,12,17H,7H2,1-5H3,(H,14,15,16). The van der Waals surface area contributed by atoms with Crippen LogP contribution in [0.1, 0.15) is 45.0 Å². The Kier molecular flexibility index (Phi) is 4.87. The molecule has 17 heavy (non-hydrogen) atoms. The van der Waals surface area contributed by atoms with Crippen molar-refractivity contribution < 1.29 is 5.11 Å². The molecular formula is C13H23N3O. The van der Waals surface area contributed by atoms with Crippen LogP contribution in [0.25, 0.3) is 0 Å². The van der Waals surface area contributed by atoms with Gasteiger partial charge in [-0.25, -0.2) is 9.97 Å². The highest BCUT2D eigenvalue weighted by atomic mass is 16.3. The van der Waals surface area contributed by atoms with Crippen LogP contribution in [0.3, 0.4) is 0 Å². The highest BCUT2D eigenvalue weighted by molar-refractivity contribution is 5.29. The van der Waals surface area contributed by atoms with Gasteiger partial charge in [0.25, 0.3) is 0 Å². The molecule has 0 aromatic carbocycles. The van der Waals surface area contributed by atoms with Crippen molar-refractivity contribution in [2.24, 2.45) is 5.92 Å². The highest BCUT2D eigenvalue weighted by Crippen LogP contribution is 2.14. The minimum absolute atomic E-state index is 0.233. The van der Waals surface area contributed by atoms with Crippen molar-refractivity contribution in [2.45, 2.75) is 46.6 Å². The number of anilines is 1. The molecule has 96 valence electrons. The summed E-state index contributed by atoms with van der Waals surface area (Å²) in [5.74, 6) is 1.22. The second kappa shape index (κ2) is 5.96. The molecule has 2 N–H and O–H groups in total. The topological polar surface area (TPSA) is 58.0 Å². The minimum atomic E-state index is -0.374. The van der Waals surface area contributed by atoms with Crippen LogP contribution in [-0.4, -0.2) is 27.7 Å². The summed E-state index contributed by atoms with van der Waals surface area (Å²) in [4.78, 5) is 8.75. The molecule has 1 heterocycles. The predicted octanol–water partition coefficient (Wildman–Crippen LogP) is 2.34. The van der Waals surface area contributed by atoms with Crippen LogP contribution in [0, 0.1) is 12.8 Å². The average Bonchev–Trinajstić information content (AvgIpc) is 2.24. The van der Waals surface area contributed by atoms with Gasteiger partial charge in [-0.15, -0.1) is 0 Å². The van der Waals surface area contributed by atoms with E-state index < -0.39 is 0 Å². The first kappa shape index (κ1) is 13.9. The van der Waals surface area contributed by atoms with Gasteiger partial charge in [-0.1, -0.05) is 27.7 Å². The van der Waals surface area contributed by atoms with E-state index in [0.717, 1.165) is 11.4 Å². The van der Waals surface area contributed by atoms with Gasteiger partial charge in [0.15, 0.2) is 0 Å². The molecule has 0 aliphatic rings. The smallest absolute Gasteiger partial charge is 0.223 e. The summed E-state index contributed by atoms with van der Waals surface area (Å²) in [6.07, 6.45) is -0.374. The Hall–Kier alpha value is -1.16. The summed E-state index contributed by atoms with van der Waals surface area (Å²) in [6, 6.07) is 1.99. The average molecular weight is 237 g/mol. The molecule has 0 amide bonds. The summed E-state index contributed by atoms with van der Waals surface area (Å²) in [7, 11) is 0. The number of rotatable bonds is 5. The molecule has 1 aromatic heterocycles. The fraction of sp³-hybridized carbons (Fsp3) is 0.692. The lowest BCUT2D eigenvalue weighted by Gasteiger charge is -2.16. The van der Waals surface area contributed by atoms with E-state index in [1.807, 2.05) is 26.8 Å². The van der Waals surface area contributed by atoms with E-state index in [0.29, 0.717) is 18.4 Å². The monoisotopic (exact) mass is 237 g/mol. The fourth-order valence-corrected chi connectivity index (χ4v) is 1.40. The quantitative estimate of drug-likeness (QED) is 0.825. The molecule has 0 bridgehead atoms. The van der Waals surface area contributed by atoms with Crippen LogP contribution < -0.4 is 5.32 Å². The third-order valence-corrected chi connectivity index (χ3v) is 2.70. The molecule has 4 heteroatoms. The van der Waals surface area contributed by atoms with E-state index in [9.17, 15) is 5.11 Å².